The SMILES string of the molecule is O=C(Cn1cc(-c2nc(N3CC[C@@H]3C(F)F)nc(C(F)(F)F)c2Cl)cn1)N1CCNCC1. The number of rotatable bonds is 5. The first-order chi connectivity index (χ1) is 15.1. The molecule has 0 aromatic carbocycles. The molecule has 0 unspecified atom stereocenters. The van der Waals surface area contributed by atoms with Crippen molar-refractivity contribution >= 4 is 23.5 Å². The fraction of sp³-hybridized carbons (Fsp3) is 0.556. The number of aromatic nitrogens is 4. The van der Waals surface area contributed by atoms with E-state index in [1.54, 1.807) is 4.90 Å². The minimum Gasteiger partial charge on any atom is -0.339 e. The van der Waals surface area contributed by atoms with E-state index in [0.29, 0.717) is 26.2 Å². The molecular weight excluding hydrogens is 461 g/mol. The lowest BCUT2D eigenvalue weighted by Crippen LogP contribution is -2.53. The van der Waals surface area contributed by atoms with Crippen molar-refractivity contribution in [2.45, 2.75) is 31.6 Å². The molecule has 4 rings (SSSR count). The van der Waals surface area contributed by atoms with E-state index in [1.807, 2.05) is 0 Å². The summed E-state index contributed by atoms with van der Waals surface area (Å²) >= 11 is 5.97. The Bertz CT molecular complexity index is 993. The van der Waals surface area contributed by atoms with Crippen LogP contribution >= 0.6 is 11.6 Å². The summed E-state index contributed by atoms with van der Waals surface area (Å²) in [7, 11) is 0. The molecule has 2 aliphatic heterocycles. The van der Waals surface area contributed by atoms with E-state index < -0.39 is 35.3 Å². The summed E-state index contributed by atoms with van der Waals surface area (Å²) in [5.74, 6) is -0.662. The number of amides is 1. The lowest BCUT2D eigenvalue weighted by Gasteiger charge is -2.40. The maximum absolute atomic E-state index is 13.5. The zero-order valence-corrected chi connectivity index (χ0v) is 17.4. The Morgan fingerprint density at radius 2 is 1.94 bits per heavy atom. The van der Waals surface area contributed by atoms with E-state index in [9.17, 15) is 26.7 Å². The average Bonchev–Trinajstić information content (AvgIpc) is 3.15. The van der Waals surface area contributed by atoms with Crippen LogP contribution in [-0.2, 0) is 17.5 Å². The normalized spacial score (nSPS) is 19.4. The fourth-order valence-electron chi connectivity index (χ4n) is 3.59. The van der Waals surface area contributed by atoms with E-state index >= 15 is 0 Å². The lowest BCUT2D eigenvalue weighted by atomic mass is 10.0. The van der Waals surface area contributed by atoms with Gasteiger partial charge in [0.2, 0.25) is 11.9 Å². The van der Waals surface area contributed by atoms with Crippen molar-refractivity contribution in [2.24, 2.45) is 0 Å². The molecule has 2 aromatic heterocycles. The second-order valence-corrected chi connectivity index (χ2v) is 7.85. The number of carbonyl (C=O) groups excluding carboxylic acids is 1. The molecule has 174 valence electrons. The van der Waals surface area contributed by atoms with Gasteiger partial charge in [-0.05, 0) is 6.42 Å². The van der Waals surface area contributed by atoms with Crippen molar-refractivity contribution in [3.8, 4) is 11.3 Å². The Hall–Kier alpha value is -2.54. The minimum atomic E-state index is -4.91. The molecule has 1 N–H and O–H groups in total. The van der Waals surface area contributed by atoms with Crippen molar-refractivity contribution in [3.63, 3.8) is 0 Å². The zero-order chi connectivity index (χ0) is 23.0. The number of hydrogen-bond donors (Lipinski definition) is 1. The van der Waals surface area contributed by atoms with Crippen LogP contribution in [0.15, 0.2) is 12.4 Å². The van der Waals surface area contributed by atoms with Gasteiger partial charge in [-0.1, -0.05) is 11.6 Å². The van der Waals surface area contributed by atoms with Crippen molar-refractivity contribution in [1.29, 1.82) is 0 Å². The maximum atomic E-state index is 13.5. The van der Waals surface area contributed by atoms with Crippen LogP contribution in [0.5, 0.6) is 0 Å². The molecular formula is C18H19ClF5N7O. The Morgan fingerprint density at radius 3 is 2.53 bits per heavy atom. The lowest BCUT2D eigenvalue weighted by molar-refractivity contribution is -0.141. The summed E-state index contributed by atoms with van der Waals surface area (Å²) < 4.78 is 68.1. The molecule has 2 aliphatic rings. The van der Waals surface area contributed by atoms with Gasteiger partial charge >= 0.3 is 6.18 Å². The van der Waals surface area contributed by atoms with E-state index in [0.717, 1.165) is 4.90 Å². The van der Waals surface area contributed by atoms with Crippen LogP contribution in [0.3, 0.4) is 0 Å². The van der Waals surface area contributed by atoms with Crippen LogP contribution in [0.4, 0.5) is 27.9 Å². The summed E-state index contributed by atoms with van der Waals surface area (Å²) in [5.41, 5.74) is -1.58. The topological polar surface area (TPSA) is 79.2 Å². The highest BCUT2D eigenvalue weighted by molar-refractivity contribution is 6.33. The first kappa shape index (κ1) is 22.6. The van der Waals surface area contributed by atoms with E-state index in [2.05, 4.69) is 20.4 Å². The van der Waals surface area contributed by atoms with Gasteiger partial charge in [0, 0.05) is 44.5 Å². The number of piperazine rings is 1. The number of hydrogen-bond acceptors (Lipinski definition) is 6. The monoisotopic (exact) mass is 479 g/mol. The van der Waals surface area contributed by atoms with Gasteiger partial charge in [0.05, 0.1) is 23.0 Å². The Kier molecular flexibility index (Phi) is 6.21. The van der Waals surface area contributed by atoms with Gasteiger partial charge in [0.1, 0.15) is 6.54 Å². The van der Waals surface area contributed by atoms with Gasteiger partial charge in [-0.15, -0.1) is 0 Å². The number of halogens is 6. The van der Waals surface area contributed by atoms with Gasteiger partial charge in [-0.25, -0.2) is 18.7 Å². The summed E-state index contributed by atoms with van der Waals surface area (Å²) in [6, 6.07) is -1.26. The van der Waals surface area contributed by atoms with Gasteiger partial charge in [-0.2, -0.15) is 18.3 Å². The quantitative estimate of drug-likeness (QED) is 0.663. The third-order valence-electron chi connectivity index (χ3n) is 5.40. The summed E-state index contributed by atoms with van der Waals surface area (Å²) in [4.78, 5) is 22.6. The number of alkyl halides is 5. The second-order valence-electron chi connectivity index (χ2n) is 7.47. The molecule has 1 amide bonds. The molecule has 2 aromatic rings. The Balaban J connectivity index is 1.64. The molecule has 4 heterocycles. The Morgan fingerprint density at radius 1 is 1.22 bits per heavy atom. The van der Waals surface area contributed by atoms with Gasteiger partial charge in [-0.3, -0.25) is 9.48 Å². The summed E-state index contributed by atoms with van der Waals surface area (Å²) in [6.45, 7) is 2.43. The van der Waals surface area contributed by atoms with E-state index in [-0.39, 0.29) is 36.7 Å². The summed E-state index contributed by atoms with van der Waals surface area (Å²) in [6.07, 6.45) is -4.97. The van der Waals surface area contributed by atoms with Crippen LogP contribution in [-0.4, -0.2) is 75.7 Å². The molecule has 8 nitrogen and oxygen atoms in total. The molecule has 14 heteroatoms. The number of nitrogens with one attached hydrogen (secondary N) is 1. The van der Waals surface area contributed by atoms with Crippen LogP contribution in [0.1, 0.15) is 12.1 Å². The molecule has 1 atom stereocenters. The average molecular weight is 480 g/mol. The highest BCUT2D eigenvalue weighted by atomic mass is 35.5. The van der Waals surface area contributed by atoms with E-state index in [4.69, 9.17) is 11.6 Å². The predicted octanol–water partition coefficient (Wildman–Crippen LogP) is 2.29. The largest absolute Gasteiger partial charge is 0.435 e. The fourth-order valence-corrected chi connectivity index (χ4v) is 3.89. The smallest absolute Gasteiger partial charge is 0.339 e. The van der Waals surface area contributed by atoms with Crippen LogP contribution < -0.4 is 10.2 Å². The van der Waals surface area contributed by atoms with Gasteiger partial charge < -0.3 is 15.1 Å². The molecule has 0 saturated carbocycles. The predicted molar refractivity (Wildman–Crippen MR) is 104 cm³/mol. The zero-order valence-electron chi connectivity index (χ0n) is 16.6. The van der Waals surface area contributed by atoms with E-state index in [1.165, 1.54) is 17.1 Å². The Labute approximate surface area is 184 Å². The maximum Gasteiger partial charge on any atom is 0.435 e. The highest BCUT2D eigenvalue weighted by Crippen LogP contribution is 2.40. The second kappa shape index (κ2) is 8.77. The number of carbonyl (C=O) groups is 1. The summed E-state index contributed by atoms with van der Waals surface area (Å²) in [5, 5.41) is 6.40. The van der Waals surface area contributed by atoms with Crippen LogP contribution in [0.25, 0.3) is 11.3 Å². The van der Waals surface area contributed by atoms with Crippen molar-refractivity contribution in [3.05, 3.63) is 23.1 Å². The third-order valence-corrected chi connectivity index (χ3v) is 5.75. The molecule has 0 bridgehead atoms. The van der Waals surface area contributed by atoms with Crippen LogP contribution in [0.2, 0.25) is 5.02 Å². The van der Waals surface area contributed by atoms with Crippen molar-refractivity contribution < 1.29 is 26.7 Å². The molecule has 0 radical (unpaired) electrons. The molecule has 2 fully saturated rings. The van der Waals surface area contributed by atoms with Gasteiger partial charge in [0.15, 0.2) is 5.69 Å². The standard InChI is InChI=1S/C18H19ClF5N7O/c19-13-14(10-7-26-30(8-10)9-12(32)29-5-2-25-3-6-29)27-17(28-15(13)18(22,23)24)31-4-1-11(31)16(20)21/h7-8,11,16,25H,1-6,9H2/t11-/m1/s1. The molecule has 32 heavy (non-hydrogen) atoms. The number of nitrogens with zero attached hydrogens (tertiary/aromatic N) is 6. The number of anilines is 1. The third kappa shape index (κ3) is 4.49. The van der Waals surface area contributed by atoms with Crippen molar-refractivity contribution in [1.82, 2.24) is 30.0 Å². The van der Waals surface area contributed by atoms with Gasteiger partial charge in [0.25, 0.3) is 6.43 Å². The first-order valence-electron chi connectivity index (χ1n) is 9.86. The minimum absolute atomic E-state index is 0.103. The molecule has 0 aliphatic carbocycles. The van der Waals surface area contributed by atoms with Crippen LogP contribution in [0, 0.1) is 0 Å². The molecule has 0 spiro atoms. The molecule has 2 saturated heterocycles. The van der Waals surface area contributed by atoms with Crippen molar-refractivity contribution in [2.75, 3.05) is 37.6 Å². The highest BCUT2D eigenvalue weighted by Gasteiger charge is 2.42. The first-order valence-corrected chi connectivity index (χ1v) is 10.2.